The van der Waals surface area contributed by atoms with E-state index in [1.165, 1.54) is 49.4 Å². The lowest BCUT2D eigenvalue weighted by atomic mass is 10.2. The molecule has 0 spiro atoms. The maximum atomic E-state index is 12.0. The van der Waals surface area contributed by atoms with Gasteiger partial charge in [0, 0.05) is 23.8 Å². The zero-order valence-corrected chi connectivity index (χ0v) is 13.9. The summed E-state index contributed by atoms with van der Waals surface area (Å²) >= 11 is 0. The van der Waals surface area contributed by atoms with Gasteiger partial charge in [-0.2, -0.15) is 0 Å². The van der Waals surface area contributed by atoms with E-state index in [9.17, 15) is 29.8 Å². The van der Waals surface area contributed by atoms with Gasteiger partial charge in [0.25, 0.3) is 17.5 Å². The summed E-state index contributed by atoms with van der Waals surface area (Å²) in [5.41, 5.74) is 3.57. The first-order valence-electron chi connectivity index (χ1n) is 7.54. The second-order valence-electron chi connectivity index (χ2n) is 5.24. The van der Waals surface area contributed by atoms with Crippen molar-refractivity contribution in [2.45, 2.75) is 13.0 Å². The molecule has 27 heavy (non-hydrogen) atoms. The lowest BCUT2D eigenvalue weighted by Gasteiger charge is -2.15. The second kappa shape index (κ2) is 8.38. The molecule has 1 unspecified atom stereocenters. The van der Waals surface area contributed by atoms with Gasteiger partial charge in [-0.15, -0.1) is 0 Å². The van der Waals surface area contributed by atoms with Crippen LogP contribution in [0.15, 0.2) is 48.5 Å². The van der Waals surface area contributed by atoms with Crippen LogP contribution in [0.4, 0.5) is 11.4 Å². The Morgan fingerprint density at radius 3 is 2.37 bits per heavy atom. The molecule has 0 saturated heterocycles. The molecule has 0 heterocycles. The third-order valence-corrected chi connectivity index (χ3v) is 3.35. The molecule has 11 nitrogen and oxygen atoms in total. The van der Waals surface area contributed by atoms with Crippen LogP contribution in [-0.4, -0.2) is 27.8 Å². The number of nitro benzene ring substituents is 2. The molecule has 2 N–H and O–H groups in total. The minimum atomic E-state index is -1.16. The minimum Gasteiger partial charge on any atom is -0.474 e. The van der Waals surface area contributed by atoms with Crippen LogP contribution >= 0.6 is 0 Å². The molecule has 0 aliphatic carbocycles. The van der Waals surface area contributed by atoms with Crippen LogP contribution in [0.1, 0.15) is 17.3 Å². The largest absolute Gasteiger partial charge is 0.474 e. The molecule has 0 bridgehead atoms. The van der Waals surface area contributed by atoms with Crippen molar-refractivity contribution in [2.24, 2.45) is 0 Å². The van der Waals surface area contributed by atoms with Gasteiger partial charge in [0.1, 0.15) is 0 Å². The van der Waals surface area contributed by atoms with E-state index >= 15 is 0 Å². The van der Waals surface area contributed by atoms with Gasteiger partial charge in [-0.1, -0.05) is 18.2 Å². The predicted octanol–water partition coefficient (Wildman–Crippen LogP) is 1.73. The van der Waals surface area contributed by atoms with E-state index in [2.05, 4.69) is 10.9 Å². The Balaban J connectivity index is 1.97. The molecule has 140 valence electrons. The number of hydrogen-bond acceptors (Lipinski definition) is 7. The number of rotatable bonds is 6. The summed E-state index contributed by atoms with van der Waals surface area (Å²) < 4.78 is 5.26. The average molecular weight is 374 g/mol. The minimum absolute atomic E-state index is 0.0308. The van der Waals surface area contributed by atoms with Gasteiger partial charge in [-0.25, -0.2) is 0 Å². The van der Waals surface area contributed by atoms with E-state index in [1.807, 2.05) is 0 Å². The van der Waals surface area contributed by atoms with E-state index in [-0.39, 0.29) is 22.7 Å². The van der Waals surface area contributed by atoms with Crippen LogP contribution in [0.3, 0.4) is 0 Å². The average Bonchev–Trinajstić information content (AvgIpc) is 2.66. The van der Waals surface area contributed by atoms with E-state index in [0.29, 0.717) is 0 Å². The van der Waals surface area contributed by atoms with Crippen molar-refractivity contribution in [3.8, 4) is 5.75 Å². The number of non-ortho nitro benzene ring substituents is 1. The number of carbonyl (C=O) groups excluding carboxylic acids is 2. The third-order valence-electron chi connectivity index (χ3n) is 3.35. The number of para-hydroxylation sites is 2. The molecule has 0 aliphatic rings. The van der Waals surface area contributed by atoms with Gasteiger partial charge in [-0.3, -0.25) is 40.7 Å². The Kier molecular flexibility index (Phi) is 5.99. The van der Waals surface area contributed by atoms with E-state index < -0.39 is 27.8 Å². The summed E-state index contributed by atoms with van der Waals surface area (Å²) in [6, 6.07) is 10.5. The summed E-state index contributed by atoms with van der Waals surface area (Å²) in [7, 11) is 0. The maximum Gasteiger partial charge on any atom is 0.310 e. The first-order valence-corrected chi connectivity index (χ1v) is 7.54. The summed E-state index contributed by atoms with van der Waals surface area (Å²) in [5, 5.41) is 21.7. The Labute approximate surface area is 152 Å². The lowest BCUT2D eigenvalue weighted by Crippen LogP contribution is -2.47. The topological polar surface area (TPSA) is 154 Å². The van der Waals surface area contributed by atoms with Crippen molar-refractivity contribution < 1.29 is 24.2 Å². The molecule has 11 heteroatoms. The normalized spacial score (nSPS) is 11.1. The third kappa shape index (κ3) is 4.98. The quantitative estimate of drug-likeness (QED) is 0.576. The number of nitro groups is 2. The summed E-state index contributed by atoms with van der Waals surface area (Å²) in [4.78, 5) is 44.3. The van der Waals surface area contributed by atoms with Crippen LogP contribution in [0.25, 0.3) is 0 Å². The van der Waals surface area contributed by atoms with E-state index in [1.54, 1.807) is 0 Å². The van der Waals surface area contributed by atoms with Gasteiger partial charge in [0.15, 0.2) is 11.9 Å². The van der Waals surface area contributed by atoms with Crippen molar-refractivity contribution >= 4 is 23.2 Å². The molecule has 0 aromatic heterocycles. The van der Waals surface area contributed by atoms with Gasteiger partial charge < -0.3 is 4.74 Å². The van der Waals surface area contributed by atoms with Crippen molar-refractivity contribution in [3.05, 3.63) is 74.3 Å². The summed E-state index contributed by atoms with van der Waals surface area (Å²) in [5.74, 6) is -1.65. The Hall–Kier alpha value is -4.02. The highest BCUT2D eigenvalue weighted by Gasteiger charge is 2.21. The Morgan fingerprint density at radius 2 is 1.70 bits per heavy atom. The molecule has 0 saturated carbocycles. The summed E-state index contributed by atoms with van der Waals surface area (Å²) in [6.45, 7) is 1.34. The number of hydrazine groups is 1. The SMILES string of the molecule is CC(Oc1ccccc1[N+](=O)[O-])C(=O)NNC(=O)c1cccc([N+](=O)[O-])c1. The predicted molar refractivity (Wildman–Crippen MR) is 91.9 cm³/mol. The number of benzene rings is 2. The van der Waals surface area contributed by atoms with E-state index in [0.717, 1.165) is 6.07 Å². The molecule has 0 aliphatic heterocycles. The maximum absolute atomic E-state index is 12.0. The van der Waals surface area contributed by atoms with E-state index in [4.69, 9.17) is 4.74 Å². The number of nitrogens with zero attached hydrogens (tertiary/aromatic N) is 2. The van der Waals surface area contributed by atoms with Gasteiger partial charge in [0.05, 0.1) is 9.85 Å². The zero-order valence-electron chi connectivity index (χ0n) is 13.9. The Morgan fingerprint density at radius 1 is 1.00 bits per heavy atom. The second-order valence-corrected chi connectivity index (χ2v) is 5.24. The van der Waals surface area contributed by atoms with Gasteiger partial charge in [0.2, 0.25) is 0 Å². The number of ether oxygens (including phenoxy) is 1. The molecule has 2 aromatic rings. The fraction of sp³-hybridized carbons (Fsp3) is 0.125. The van der Waals surface area contributed by atoms with Crippen LogP contribution in [0.2, 0.25) is 0 Å². The molecule has 0 fully saturated rings. The zero-order chi connectivity index (χ0) is 20.0. The fourth-order valence-corrected chi connectivity index (χ4v) is 2.00. The highest BCUT2D eigenvalue weighted by Crippen LogP contribution is 2.26. The highest BCUT2D eigenvalue weighted by atomic mass is 16.6. The fourth-order valence-electron chi connectivity index (χ4n) is 2.00. The molecular formula is C16H14N4O7. The first kappa shape index (κ1) is 19.3. The van der Waals surface area contributed by atoms with Crippen LogP contribution in [0, 0.1) is 20.2 Å². The van der Waals surface area contributed by atoms with Gasteiger partial charge >= 0.3 is 5.69 Å². The highest BCUT2D eigenvalue weighted by molar-refractivity contribution is 5.96. The first-order chi connectivity index (χ1) is 12.8. The molecule has 1 atom stereocenters. The van der Waals surface area contributed by atoms with Crippen molar-refractivity contribution in [1.29, 1.82) is 0 Å². The van der Waals surface area contributed by atoms with Crippen LogP contribution in [-0.2, 0) is 4.79 Å². The number of hydrogen-bond donors (Lipinski definition) is 2. The van der Waals surface area contributed by atoms with Crippen molar-refractivity contribution in [3.63, 3.8) is 0 Å². The van der Waals surface area contributed by atoms with Crippen LogP contribution in [0.5, 0.6) is 5.75 Å². The van der Waals surface area contributed by atoms with Crippen molar-refractivity contribution in [2.75, 3.05) is 0 Å². The number of nitrogens with one attached hydrogen (secondary N) is 2. The van der Waals surface area contributed by atoms with Crippen molar-refractivity contribution in [1.82, 2.24) is 10.9 Å². The molecular weight excluding hydrogens is 360 g/mol. The monoisotopic (exact) mass is 374 g/mol. The lowest BCUT2D eigenvalue weighted by molar-refractivity contribution is -0.386. The number of carbonyl (C=O) groups is 2. The summed E-state index contributed by atoms with van der Waals surface area (Å²) in [6.07, 6.45) is -1.16. The Bertz CT molecular complexity index is 900. The molecule has 2 amide bonds. The molecule has 0 radical (unpaired) electrons. The molecule has 2 rings (SSSR count). The van der Waals surface area contributed by atoms with Gasteiger partial charge in [-0.05, 0) is 19.1 Å². The smallest absolute Gasteiger partial charge is 0.310 e. The standard InChI is InChI=1S/C16H14N4O7/c1-10(27-14-8-3-2-7-13(14)20(25)26)15(21)17-18-16(22)11-5-4-6-12(9-11)19(23)24/h2-10H,1H3,(H,17,21)(H,18,22). The van der Waals surface area contributed by atoms with Crippen LogP contribution < -0.4 is 15.6 Å². The molecule has 2 aromatic carbocycles. The number of amides is 2.